The van der Waals surface area contributed by atoms with Gasteiger partial charge >= 0.3 is 11.9 Å². The van der Waals surface area contributed by atoms with Crippen LogP contribution in [0.1, 0.15) is 25.3 Å². The van der Waals surface area contributed by atoms with Gasteiger partial charge in [-0.1, -0.05) is 37.3 Å². The molecule has 3 atom stereocenters. The van der Waals surface area contributed by atoms with Crippen molar-refractivity contribution in [3.63, 3.8) is 0 Å². The summed E-state index contributed by atoms with van der Waals surface area (Å²) in [7, 11) is -3.75. The van der Waals surface area contributed by atoms with Crippen LogP contribution in [-0.4, -0.2) is 32.7 Å². The number of rotatable bonds is 8. The Morgan fingerprint density at radius 2 is 1.76 bits per heavy atom. The summed E-state index contributed by atoms with van der Waals surface area (Å²) in [5, 5.41) is 17.8. The normalized spacial score (nSPS) is 16.7. The Kier molecular flexibility index (Phi) is 6.12. The van der Waals surface area contributed by atoms with Gasteiger partial charge in [-0.05, 0) is 12.0 Å². The first kappa shape index (κ1) is 17.4. The van der Waals surface area contributed by atoms with E-state index in [-0.39, 0.29) is 19.0 Å². The Morgan fingerprint density at radius 1 is 1.19 bits per heavy atom. The first-order valence-corrected chi connectivity index (χ1v) is 8.45. The first-order chi connectivity index (χ1) is 9.74. The molecule has 0 aliphatic carbocycles. The minimum absolute atomic E-state index is 0.119. The smallest absolute Gasteiger partial charge is 0.307 e. The van der Waals surface area contributed by atoms with E-state index in [9.17, 15) is 19.0 Å². The van der Waals surface area contributed by atoms with Gasteiger partial charge in [0.25, 0.3) is 0 Å². The number of benzene rings is 1. The second-order valence-electron chi connectivity index (χ2n) is 5.02. The summed E-state index contributed by atoms with van der Waals surface area (Å²) in [4.78, 5) is 32.0. The monoisotopic (exact) mass is 314 g/mol. The van der Waals surface area contributed by atoms with E-state index in [0.29, 0.717) is 5.56 Å². The topological polar surface area (TPSA) is 112 Å². The lowest BCUT2D eigenvalue weighted by atomic mass is 10.0. The van der Waals surface area contributed by atoms with E-state index < -0.39 is 30.9 Å². The van der Waals surface area contributed by atoms with E-state index in [0.717, 1.165) is 0 Å². The van der Waals surface area contributed by atoms with Gasteiger partial charge in [0.1, 0.15) is 0 Å². The lowest BCUT2D eigenvalue weighted by Gasteiger charge is -2.25. The maximum atomic E-state index is 12.4. The Labute approximate surface area is 122 Å². The number of carboxylic acid groups (broad SMARTS) is 2. The quantitative estimate of drug-likeness (QED) is 0.635. The van der Waals surface area contributed by atoms with Crippen LogP contribution in [0.3, 0.4) is 0 Å². The molecule has 0 heterocycles. The molecule has 3 N–H and O–H groups in total. The SMILES string of the molecule is CC(C(CCC(=O)O)C(=O)O)P(=O)(O)Cc1ccccc1. The maximum Gasteiger partial charge on any atom is 0.307 e. The molecule has 21 heavy (non-hydrogen) atoms. The molecule has 1 aromatic carbocycles. The molecule has 0 saturated heterocycles. The second kappa shape index (κ2) is 7.38. The molecule has 6 nitrogen and oxygen atoms in total. The van der Waals surface area contributed by atoms with Crippen molar-refractivity contribution < 1.29 is 29.3 Å². The zero-order valence-corrected chi connectivity index (χ0v) is 12.6. The Morgan fingerprint density at radius 3 is 2.24 bits per heavy atom. The summed E-state index contributed by atoms with van der Waals surface area (Å²) < 4.78 is 12.4. The number of aliphatic carboxylic acids is 2. The third-order valence-corrected chi connectivity index (χ3v) is 5.91. The molecular weight excluding hydrogens is 295 g/mol. The van der Waals surface area contributed by atoms with E-state index in [1.807, 2.05) is 0 Å². The lowest BCUT2D eigenvalue weighted by Crippen LogP contribution is -2.27. The highest BCUT2D eigenvalue weighted by atomic mass is 31.2. The van der Waals surface area contributed by atoms with E-state index in [4.69, 9.17) is 10.2 Å². The molecule has 0 aromatic heterocycles. The van der Waals surface area contributed by atoms with Gasteiger partial charge in [-0.25, -0.2) is 0 Å². The van der Waals surface area contributed by atoms with E-state index in [1.54, 1.807) is 30.3 Å². The largest absolute Gasteiger partial charge is 0.481 e. The minimum atomic E-state index is -3.75. The van der Waals surface area contributed by atoms with E-state index >= 15 is 0 Å². The van der Waals surface area contributed by atoms with Crippen LogP contribution in [0.5, 0.6) is 0 Å². The molecule has 0 radical (unpaired) electrons. The zero-order valence-electron chi connectivity index (χ0n) is 11.7. The first-order valence-electron chi connectivity index (χ1n) is 6.54. The van der Waals surface area contributed by atoms with Crippen LogP contribution in [0.4, 0.5) is 0 Å². The molecule has 3 unspecified atom stereocenters. The molecule has 116 valence electrons. The Balaban J connectivity index is 2.85. The number of hydrogen-bond acceptors (Lipinski definition) is 3. The summed E-state index contributed by atoms with van der Waals surface area (Å²) in [5.41, 5.74) is -0.355. The summed E-state index contributed by atoms with van der Waals surface area (Å²) in [6, 6.07) is 8.64. The van der Waals surface area contributed by atoms with Crippen LogP contribution < -0.4 is 0 Å². The highest BCUT2D eigenvalue weighted by molar-refractivity contribution is 7.58. The molecule has 1 aromatic rings. The third-order valence-electron chi connectivity index (χ3n) is 3.46. The van der Waals surface area contributed by atoms with Crippen molar-refractivity contribution in [1.82, 2.24) is 0 Å². The summed E-state index contributed by atoms with van der Waals surface area (Å²) in [5.74, 6) is -3.52. The molecule has 0 bridgehead atoms. The van der Waals surface area contributed by atoms with Gasteiger partial charge < -0.3 is 15.1 Å². The van der Waals surface area contributed by atoms with Crippen molar-refractivity contribution >= 4 is 19.3 Å². The summed E-state index contributed by atoms with van der Waals surface area (Å²) in [6.45, 7) is 1.39. The van der Waals surface area contributed by atoms with Crippen molar-refractivity contribution in [2.75, 3.05) is 0 Å². The van der Waals surface area contributed by atoms with Crippen molar-refractivity contribution in [1.29, 1.82) is 0 Å². The van der Waals surface area contributed by atoms with Gasteiger partial charge in [0.05, 0.1) is 5.92 Å². The van der Waals surface area contributed by atoms with Gasteiger partial charge in [0.15, 0.2) is 0 Å². The molecule has 7 heteroatoms. The van der Waals surface area contributed by atoms with E-state index in [1.165, 1.54) is 6.92 Å². The fourth-order valence-corrected chi connectivity index (χ4v) is 3.98. The lowest BCUT2D eigenvalue weighted by molar-refractivity contribution is -0.142. The molecule has 0 aliphatic heterocycles. The molecule has 0 amide bonds. The van der Waals surface area contributed by atoms with Crippen molar-refractivity contribution in [2.45, 2.75) is 31.6 Å². The van der Waals surface area contributed by atoms with Crippen molar-refractivity contribution in [3.05, 3.63) is 35.9 Å². The predicted molar refractivity (Wildman–Crippen MR) is 77.4 cm³/mol. The fraction of sp³-hybridized carbons (Fsp3) is 0.429. The van der Waals surface area contributed by atoms with Crippen LogP contribution in [0, 0.1) is 5.92 Å². The van der Waals surface area contributed by atoms with Crippen LogP contribution in [-0.2, 0) is 20.3 Å². The van der Waals surface area contributed by atoms with Gasteiger partial charge in [-0.15, -0.1) is 0 Å². The standard InChI is InChI=1S/C14H19O6P/c1-10(12(14(17)18)7-8-13(15)16)21(19,20)9-11-5-3-2-4-6-11/h2-6,10,12H,7-9H2,1H3,(H,15,16)(H,17,18)(H,19,20). The summed E-state index contributed by atoms with van der Waals surface area (Å²) >= 11 is 0. The number of hydrogen-bond donors (Lipinski definition) is 3. The maximum absolute atomic E-state index is 12.4. The van der Waals surface area contributed by atoms with Crippen molar-refractivity contribution in [3.8, 4) is 0 Å². The van der Waals surface area contributed by atoms with Crippen LogP contribution in [0.25, 0.3) is 0 Å². The van der Waals surface area contributed by atoms with Gasteiger partial charge in [0.2, 0.25) is 7.37 Å². The molecule has 1 rings (SSSR count). The average Bonchev–Trinajstić information content (AvgIpc) is 2.38. The van der Waals surface area contributed by atoms with Gasteiger partial charge in [-0.2, -0.15) is 0 Å². The molecule has 0 spiro atoms. The summed E-state index contributed by atoms with van der Waals surface area (Å²) in [6.07, 6.45) is -0.621. The second-order valence-corrected chi connectivity index (χ2v) is 7.66. The Hall–Kier alpha value is -1.65. The predicted octanol–water partition coefficient (Wildman–Crippen LogP) is 2.41. The highest BCUT2D eigenvalue weighted by Gasteiger charge is 2.37. The molecule has 0 fully saturated rings. The van der Waals surface area contributed by atoms with Crippen LogP contribution in [0.15, 0.2) is 30.3 Å². The van der Waals surface area contributed by atoms with Gasteiger partial charge in [-0.3, -0.25) is 14.2 Å². The van der Waals surface area contributed by atoms with Crippen LogP contribution in [0.2, 0.25) is 0 Å². The number of carboxylic acids is 2. The molecular formula is C14H19O6P. The highest BCUT2D eigenvalue weighted by Crippen LogP contribution is 2.52. The minimum Gasteiger partial charge on any atom is -0.481 e. The molecule has 0 aliphatic rings. The van der Waals surface area contributed by atoms with Crippen LogP contribution >= 0.6 is 7.37 Å². The van der Waals surface area contributed by atoms with Gasteiger partial charge in [0, 0.05) is 18.2 Å². The third kappa shape index (κ3) is 5.33. The number of carbonyl (C=O) groups is 2. The average molecular weight is 314 g/mol. The Bertz CT molecular complexity index is 542. The van der Waals surface area contributed by atoms with E-state index in [2.05, 4.69) is 0 Å². The molecule has 0 saturated carbocycles. The fourth-order valence-electron chi connectivity index (χ4n) is 2.12. The zero-order chi connectivity index (χ0) is 16.0. The van der Waals surface area contributed by atoms with Crippen molar-refractivity contribution in [2.24, 2.45) is 5.92 Å².